The smallest absolute Gasteiger partial charge is 0.270 e. The van der Waals surface area contributed by atoms with Gasteiger partial charge in [-0.15, -0.1) is 0 Å². The van der Waals surface area contributed by atoms with Crippen LogP contribution < -0.4 is 4.90 Å². The number of fused-ring (bicyclic) bond motifs is 1. The minimum absolute atomic E-state index is 0.0277. The maximum absolute atomic E-state index is 12.6. The van der Waals surface area contributed by atoms with Gasteiger partial charge in [-0.25, -0.2) is 0 Å². The summed E-state index contributed by atoms with van der Waals surface area (Å²) in [5.41, 5.74) is 1.42. The van der Waals surface area contributed by atoms with Gasteiger partial charge in [-0.05, 0) is 12.1 Å². The van der Waals surface area contributed by atoms with E-state index in [4.69, 9.17) is 0 Å². The van der Waals surface area contributed by atoms with Crippen molar-refractivity contribution >= 4 is 17.5 Å². The van der Waals surface area contributed by atoms with E-state index in [1.165, 1.54) is 0 Å². The Kier molecular flexibility index (Phi) is 2.82. The lowest BCUT2D eigenvalue weighted by molar-refractivity contribution is -0.120. The van der Waals surface area contributed by atoms with E-state index >= 15 is 0 Å². The SMILES string of the molecule is Cn1cc(N2C[C@@H]3CN(C(=O)c4ccc[nH]4)C[C@@H]3C2=O)cn1. The van der Waals surface area contributed by atoms with Gasteiger partial charge in [0.2, 0.25) is 5.91 Å². The molecule has 7 nitrogen and oxygen atoms in total. The normalized spacial score (nSPS) is 24.1. The minimum Gasteiger partial charge on any atom is -0.357 e. The van der Waals surface area contributed by atoms with Crippen LogP contribution >= 0.6 is 0 Å². The lowest BCUT2D eigenvalue weighted by Gasteiger charge is -2.20. The molecule has 0 aliphatic carbocycles. The molecular formula is C15H17N5O2. The number of amides is 2. The first-order valence-corrected chi connectivity index (χ1v) is 7.36. The van der Waals surface area contributed by atoms with E-state index in [2.05, 4.69) is 10.1 Å². The van der Waals surface area contributed by atoms with Gasteiger partial charge in [0.15, 0.2) is 0 Å². The fraction of sp³-hybridized carbons (Fsp3) is 0.400. The van der Waals surface area contributed by atoms with Crippen LogP contribution in [-0.4, -0.2) is 51.1 Å². The van der Waals surface area contributed by atoms with Crippen LogP contribution in [-0.2, 0) is 11.8 Å². The number of aromatic amines is 1. The number of carbonyl (C=O) groups is 2. The number of anilines is 1. The Morgan fingerprint density at radius 3 is 2.86 bits per heavy atom. The summed E-state index contributed by atoms with van der Waals surface area (Å²) in [4.78, 5) is 31.5. The second-order valence-corrected chi connectivity index (χ2v) is 5.98. The molecule has 4 rings (SSSR count). The van der Waals surface area contributed by atoms with Gasteiger partial charge in [-0.1, -0.05) is 0 Å². The Bertz CT molecular complexity index is 720. The third-order valence-corrected chi connectivity index (χ3v) is 4.56. The molecule has 2 atom stereocenters. The summed E-state index contributed by atoms with van der Waals surface area (Å²) in [5, 5.41) is 4.12. The topological polar surface area (TPSA) is 74.2 Å². The second-order valence-electron chi connectivity index (χ2n) is 5.98. The van der Waals surface area contributed by atoms with E-state index in [-0.39, 0.29) is 23.7 Å². The Morgan fingerprint density at radius 1 is 1.36 bits per heavy atom. The summed E-state index contributed by atoms with van der Waals surface area (Å²) in [7, 11) is 1.83. The average molecular weight is 299 g/mol. The molecule has 2 aromatic rings. The zero-order valence-corrected chi connectivity index (χ0v) is 12.3. The number of hydrogen-bond acceptors (Lipinski definition) is 3. The van der Waals surface area contributed by atoms with Gasteiger partial charge in [0.25, 0.3) is 5.91 Å². The number of hydrogen-bond donors (Lipinski definition) is 1. The van der Waals surface area contributed by atoms with E-state index < -0.39 is 0 Å². The van der Waals surface area contributed by atoms with Crippen molar-refractivity contribution in [1.82, 2.24) is 19.7 Å². The lowest BCUT2D eigenvalue weighted by atomic mass is 10.0. The number of likely N-dealkylation sites (tertiary alicyclic amines) is 1. The summed E-state index contributed by atoms with van der Waals surface area (Å²) >= 11 is 0. The molecule has 0 saturated carbocycles. The molecule has 1 N–H and O–H groups in total. The summed E-state index contributed by atoms with van der Waals surface area (Å²) in [6, 6.07) is 3.57. The van der Waals surface area contributed by atoms with Crippen LogP contribution in [0.25, 0.3) is 0 Å². The number of aryl methyl sites for hydroxylation is 1. The van der Waals surface area contributed by atoms with Crippen LogP contribution in [0.1, 0.15) is 10.5 Å². The van der Waals surface area contributed by atoms with E-state index in [9.17, 15) is 9.59 Å². The Hall–Kier alpha value is -2.57. The van der Waals surface area contributed by atoms with Crippen molar-refractivity contribution in [3.05, 3.63) is 36.4 Å². The van der Waals surface area contributed by atoms with Crippen LogP contribution in [0.15, 0.2) is 30.7 Å². The van der Waals surface area contributed by atoms with Crippen molar-refractivity contribution in [3.8, 4) is 0 Å². The third-order valence-electron chi connectivity index (χ3n) is 4.56. The van der Waals surface area contributed by atoms with Crippen molar-refractivity contribution in [2.24, 2.45) is 18.9 Å². The van der Waals surface area contributed by atoms with E-state index in [1.807, 2.05) is 13.2 Å². The molecule has 2 amide bonds. The van der Waals surface area contributed by atoms with E-state index in [0.29, 0.717) is 25.3 Å². The predicted molar refractivity (Wildman–Crippen MR) is 79.2 cm³/mol. The molecular weight excluding hydrogens is 282 g/mol. The lowest BCUT2D eigenvalue weighted by Crippen LogP contribution is -2.35. The molecule has 2 aliphatic heterocycles. The standard InChI is InChI=1S/C15H17N5O2/c1-18-8-11(5-17-18)20-7-10-6-19(9-12(10)14(20)21)15(22)13-3-2-4-16-13/h2-5,8,10,12,16H,6-7,9H2,1H3/t10-,12-/m0/s1. The second kappa shape index (κ2) is 4.72. The molecule has 7 heteroatoms. The quantitative estimate of drug-likeness (QED) is 0.876. The van der Waals surface area contributed by atoms with Crippen molar-refractivity contribution < 1.29 is 9.59 Å². The number of nitrogens with one attached hydrogen (secondary N) is 1. The van der Waals surface area contributed by atoms with Crippen molar-refractivity contribution in [2.45, 2.75) is 0 Å². The first kappa shape index (κ1) is 13.1. The van der Waals surface area contributed by atoms with Crippen LogP contribution in [0.5, 0.6) is 0 Å². The summed E-state index contributed by atoms with van der Waals surface area (Å²) in [6.45, 7) is 1.78. The molecule has 4 heterocycles. The Labute approximate surface area is 127 Å². The van der Waals surface area contributed by atoms with Gasteiger partial charge in [-0.3, -0.25) is 14.3 Å². The summed E-state index contributed by atoms with van der Waals surface area (Å²) in [5.74, 6) is 0.172. The molecule has 0 aromatic carbocycles. The molecule has 22 heavy (non-hydrogen) atoms. The molecule has 0 radical (unpaired) electrons. The predicted octanol–water partition coefficient (Wildman–Crippen LogP) is 0.483. The van der Waals surface area contributed by atoms with Crippen LogP contribution in [0.4, 0.5) is 5.69 Å². The van der Waals surface area contributed by atoms with Gasteiger partial charge in [0.1, 0.15) is 5.69 Å². The zero-order chi connectivity index (χ0) is 15.3. The monoisotopic (exact) mass is 299 g/mol. The maximum Gasteiger partial charge on any atom is 0.270 e. The molecule has 0 spiro atoms. The van der Waals surface area contributed by atoms with Crippen LogP contribution in [0, 0.1) is 11.8 Å². The van der Waals surface area contributed by atoms with E-state index in [0.717, 1.165) is 5.69 Å². The van der Waals surface area contributed by atoms with Crippen molar-refractivity contribution in [1.29, 1.82) is 0 Å². The van der Waals surface area contributed by atoms with Crippen LogP contribution in [0.3, 0.4) is 0 Å². The molecule has 0 bridgehead atoms. The van der Waals surface area contributed by atoms with Gasteiger partial charge in [0, 0.05) is 45.0 Å². The zero-order valence-electron chi connectivity index (χ0n) is 12.3. The van der Waals surface area contributed by atoms with Gasteiger partial charge in [0.05, 0.1) is 17.8 Å². The summed E-state index contributed by atoms with van der Waals surface area (Å²) < 4.78 is 1.69. The molecule has 114 valence electrons. The highest BCUT2D eigenvalue weighted by Gasteiger charge is 2.48. The number of carbonyl (C=O) groups excluding carboxylic acids is 2. The highest BCUT2D eigenvalue weighted by Crippen LogP contribution is 2.35. The van der Waals surface area contributed by atoms with Gasteiger partial charge < -0.3 is 14.8 Å². The molecule has 2 aliphatic rings. The Morgan fingerprint density at radius 2 is 2.23 bits per heavy atom. The number of aromatic nitrogens is 3. The fourth-order valence-corrected chi connectivity index (χ4v) is 3.44. The molecule has 0 unspecified atom stereocenters. The highest BCUT2D eigenvalue weighted by atomic mass is 16.2. The van der Waals surface area contributed by atoms with Crippen LogP contribution in [0.2, 0.25) is 0 Å². The Balaban J connectivity index is 1.49. The summed E-state index contributed by atoms with van der Waals surface area (Å²) in [6.07, 6.45) is 5.29. The first-order valence-electron chi connectivity index (χ1n) is 7.36. The van der Waals surface area contributed by atoms with E-state index in [1.54, 1.807) is 39.0 Å². The van der Waals surface area contributed by atoms with Crippen molar-refractivity contribution in [3.63, 3.8) is 0 Å². The number of H-pyrrole nitrogens is 1. The highest BCUT2D eigenvalue weighted by molar-refractivity contribution is 5.99. The largest absolute Gasteiger partial charge is 0.357 e. The minimum atomic E-state index is -0.0980. The van der Waals surface area contributed by atoms with Gasteiger partial charge >= 0.3 is 0 Å². The average Bonchev–Trinajstić information content (AvgIpc) is 3.24. The molecule has 2 aromatic heterocycles. The van der Waals surface area contributed by atoms with Crippen molar-refractivity contribution in [2.75, 3.05) is 24.5 Å². The third kappa shape index (κ3) is 1.93. The van der Waals surface area contributed by atoms with Gasteiger partial charge in [-0.2, -0.15) is 5.10 Å². The fourth-order valence-electron chi connectivity index (χ4n) is 3.44. The molecule has 2 saturated heterocycles. The molecule has 2 fully saturated rings. The maximum atomic E-state index is 12.6. The number of rotatable bonds is 2. The number of nitrogens with zero attached hydrogens (tertiary/aromatic N) is 4. The first-order chi connectivity index (χ1) is 10.6.